The van der Waals surface area contributed by atoms with Gasteiger partial charge in [0.25, 0.3) is 0 Å². The van der Waals surface area contributed by atoms with Gasteiger partial charge in [-0.1, -0.05) is 60.7 Å². The first kappa shape index (κ1) is 30.1. The highest BCUT2D eigenvalue weighted by atomic mass is 32.2. The smallest absolute Gasteiger partial charge is 0.241 e. The van der Waals surface area contributed by atoms with Crippen LogP contribution in [0.2, 0.25) is 0 Å². The molecule has 222 valence electrons. The molecule has 0 saturated carbocycles. The molecule has 2 amide bonds. The standard InChI is InChI=1S/C26H22N6O7S4/c33-21(29-25-27-19(11-40-25)17-7-3-1-4-8-17)13-42(35,36)15-23-31-32-24(39-23)16-43(37,38)14-22(34)30-26-28-20(12-41-26)18-9-5-2-6-10-18/h1-12H,13-16H2,(H,27,29,33)(H,28,30,34). The summed E-state index contributed by atoms with van der Waals surface area (Å²) in [5, 5.41) is 16.0. The zero-order valence-electron chi connectivity index (χ0n) is 22.0. The number of nitrogens with one attached hydrogen (secondary N) is 2. The lowest BCUT2D eigenvalue weighted by molar-refractivity contribution is -0.114. The molecule has 2 N–H and O–H groups in total. The number of amides is 2. The van der Waals surface area contributed by atoms with Crippen LogP contribution in [0.4, 0.5) is 10.3 Å². The third kappa shape index (κ3) is 8.60. The van der Waals surface area contributed by atoms with E-state index in [4.69, 9.17) is 4.42 Å². The average molecular weight is 659 g/mol. The lowest BCUT2D eigenvalue weighted by atomic mass is 10.2. The van der Waals surface area contributed by atoms with E-state index in [1.54, 1.807) is 10.8 Å². The van der Waals surface area contributed by atoms with Crippen molar-refractivity contribution in [3.63, 3.8) is 0 Å². The molecule has 0 fully saturated rings. The Hall–Kier alpha value is -4.32. The Labute approximate surface area is 253 Å². The Bertz CT molecular complexity index is 1810. The van der Waals surface area contributed by atoms with E-state index >= 15 is 0 Å². The van der Waals surface area contributed by atoms with Crippen LogP contribution >= 0.6 is 22.7 Å². The van der Waals surface area contributed by atoms with Gasteiger partial charge in [0.2, 0.25) is 23.6 Å². The normalized spacial score (nSPS) is 11.7. The van der Waals surface area contributed by atoms with Gasteiger partial charge in [-0.15, -0.1) is 32.9 Å². The summed E-state index contributed by atoms with van der Waals surface area (Å²) >= 11 is 2.30. The van der Waals surface area contributed by atoms with Crippen molar-refractivity contribution in [1.82, 2.24) is 20.2 Å². The zero-order valence-corrected chi connectivity index (χ0v) is 25.3. The maximum Gasteiger partial charge on any atom is 0.241 e. The topological polar surface area (TPSA) is 191 Å². The van der Waals surface area contributed by atoms with Crippen molar-refractivity contribution in [3.8, 4) is 22.5 Å². The molecule has 0 aliphatic carbocycles. The molecule has 0 saturated heterocycles. The molecule has 5 rings (SSSR count). The first-order valence-electron chi connectivity index (χ1n) is 12.4. The number of anilines is 2. The van der Waals surface area contributed by atoms with Crippen LogP contribution in [0, 0.1) is 0 Å². The SMILES string of the molecule is O=C(CS(=O)(=O)Cc1nnc(CS(=O)(=O)CC(=O)Nc2nc(-c3ccccc3)cs2)o1)Nc1nc(-c2ccccc2)cs1. The van der Waals surface area contributed by atoms with Crippen LogP contribution in [0.3, 0.4) is 0 Å². The fraction of sp³-hybridized carbons (Fsp3) is 0.154. The largest absolute Gasteiger partial charge is 0.423 e. The first-order chi connectivity index (χ1) is 20.5. The molecule has 0 atom stereocenters. The van der Waals surface area contributed by atoms with Crippen molar-refractivity contribution in [1.29, 1.82) is 0 Å². The van der Waals surface area contributed by atoms with Crippen LogP contribution in [0.5, 0.6) is 0 Å². The van der Waals surface area contributed by atoms with Gasteiger partial charge < -0.3 is 15.1 Å². The van der Waals surface area contributed by atoms with Gasteiger partial charge >= 0.3 is 0 Å². The maximum absolute atomic E-state index is 12.6. The van der Waals surface area contributed by atoms with E-state index in [0.29, 0.717) is 11.4 Å². The minimum atomic E-state index is -4.05. The van der Waals surface area contributed by atoms with Crippen LogP contribution in [0.15, 0.2) is 75.8 Å². The predicted molar refractivity (Wildman–Crippen MR) is 162 cm³/mol. The van der Waals surface area contributed by atoms with E-state index in [1.165, 1.54) is 0 Å². The number of thiazole rings is 2. The van der Waals surface area contributed by atoms with Crippen molar-refractivity contribution < 1.29 is 30.8 Å². The van der Waals surface area contributed by atoms with Gasteiger partial charge in [0.1, 0.15) is 23.0 Å². The van der Waals surface area contributed by atoms with E-state index in [1.807, 2.05) is 60.7 Å². The zero-order chi connectivity index (χ0) is 30.5. The van der Waals surface area contributed by atoms with Crippen LogP contribution in [-0.4, -0.2) is 60.3 Å². The number of sulfone groups is 2. The highest BCUT2D eigenvalue weighted by Crippen LogP contribution is 2.26. The van der Waals surface area contributed by atoms with E-state index in [2.05, 4.69) is 30.8 Å². The Morgan fingerprint density at radius 2 is 1.05 bits per heavy atom. The number of hydrogen-bond acceptors (Lipinski definition) is 13. The van der Waals surface area contributed by atoms with Gasteiger partial charge in [-0.2, -0.15) is 0 Å². The van der Waals surface area contributed by atoms with Crippen molar-refractivity contribution in [2.75, 3.05) is 22.1 Å². The van der Waals surface area contributed by atoms with Gasteiger partial charge in [-0.05, 0) is 0 Å². The highest BCUT2D eigenvalue weighted by molar-refractivity contribution is 7.91. The van der Waals surface area contributed by atoms with Crippen molar-refractivity contribution in [2.24, 2.45) is 0 Å². The number of benzene rings is 2. The second-order valence-corrected chi connectivity index (χ2v) is 14.9. The van der Waals surface area contributed by atoms with Gasteiger partial charge in [0.05, 0.1) is 11.4 Å². The van der Waals surface area contributed by atoms with Crippen molar-refractivity contribution >= 4 is 64.4 Å². The molecular weight excluding hydrogens is 637 g/mol. The second kappa shape index (κ2) is 12.9. The maximum atomic E-state index is 12.6. The van der Waals surface area contributed by atoms with Gasteiger partial charge in [0.15, 0.2) is 29.9 Å². The molecule has 0 bridgehead atoms. The van der Waals surface area contributed by atoms with E-state index in [9.17, 15) is 26.4 Å². The molecular formula is C26H22N6O7S4. The summed E-state index contributed by atoms with van der Waals surface area (Å²) in [4.78, 5) is 33.3. The molecule has 2 aromatic carbocycles. The summed E-state index contributed by atoms with van der Waals surface area (Å²) in [5.74, 6) is -5.72. The summed E-state index contributed by atoms with van der Waals surface area (Å²) in [6, 6.07) is 18.5. The molecule has 0 unspecified atom stereocenters. The molecule has 13 nitrogen and oxygen atoms in total. The third-order valence-corrected chi connectivity index (χ3v) is 9.83. The molecule has 0 spiro atoms. The van der Waals surface area contributed by atoms with Gasteiger partial charge in [-0.25, -0.2) is 26.8 Å². The Balaban J connectivity index is 1.11. The third-order valence-electron chi connectivity index (χ3n) is 5.54. The Morgan fingerprint density at radius 3 is 1.44 bits per heavy atom. The highest BCUT2D eigenvalue weighted by Gasteiger charge is 2.25. The summed E-state index contributed by atoms with van der Waals surface area (Å²) in [6.45, 7) is 0. The quantitative estimate of drug-likeness (QED) is 0.200. The average Bonchev–Trinajstić information content (AvgIpc) is 3.70. The van der Waals surface area contributed by atoms with Crippen molar-refractivity contribution in [3.05, 3.63) is 83.2 Å². The van der Waals surface area contributed by atoms with E-state index in [0.717, 1.165) is 33.8 Å². The number of nitrogens with zero attached hydrogens (tertiary/aromatic N) is 4. The van der Waals surface area contributed by atoms with Crippen LogP contribution in [-0.2, 0) is 40.8 Å². The van der Waals surface area contributed by atoms with E-state index in [-0.39, 0.29) is 22.0 Å². The number of rotatable bonds is 12. The number of carbonyl (C=O) groups is 2. The number of carbonyl (C=O) groups excluding carboxylic acids is 2. The number of aromatic nitrogens is 4. The lowest BCUT2D eigenvalue weighted by Crippen LogP contribution is -2.24. The Morgan fingerprint density at radius 1 is 0.651 bits per heavy atom. The second-order valence-electron chi connectivity index (χ2n) is 9.06. The molecule has 5 aromatic rings. The predicted octanol–water partition coefficient (Wildman–Crippen LogP) is 3.42. The summed E-state index contributed by atoms with van der Waals surface area (Å²) < 4.78 is 55.4. The molecule has 43 heavy (non-hydrogen) atoms. The van der Waals surface area contributed by atoms with Crippen LogP contribution in [0.25, 0.3) is 22.5 Å². The minimum absolute atomic E-state index is 0.236. The molecule has 17 heteroatoms. The molecule has 0 aliphatic rings. The van der Waals surface area contributed by atoms with Crippen LogP contribution in [0.1, 0.15) is 11.8 Å². The molecule has 3 heterocycles. The molecule has 0 aliphatic heterocycles. The molecule has 3 aromatic heterocycles. The Kier molecular flexibility index (Phi) is 9.05. The minimum Gasteiger partial charge on any atom is -0.423 e. The van der Waals surface area contributed by atoms with Crippen molar-refractivity contribution in [2.45, 2.75) is 11.5 Å². The molecule has 0 radical (unpaired) electrons. The van der Waals surface area contributed by atoms with Gasteiger partial charge in [-0.3, -0.25) is 9.59 Å². The van der Waals surface area contributed by atoms with E-state index < -0.39 is 54.5 Å². The monoisotopic (exact) mass is 658 g/mol. The lowest BCUT2D eigenvalue weighted by Gasteiger charge is -2.03. The number of hydrogen-bond donors (Lipinski definition) is 2. The fourth-order valence-corrected chi connectivity index (χ4v) is 7.34. The first-order valence-corrected chi connectivity index (χ1v) is 17.8. The van der Waals surface area contributed by atoms with Crippen LogP contribution < -0.4 is 10.6 Å². The summed E-state index contributed by atoms with van der Waals surface area (Å²) in [7, 11) is -8.10. The fourth-order valence-electron chi connectivity index (χ4n) is 3.74. The van der Waals surface area contributed by atoms with Gasteiger partial charge in [0, 0.05) is 21.9 Å². The summed E-state index contributed by atoms with van der Waals surface area (Å²) in [5.41, 5.74) is 2.96. The summed E-state index contributed by atoms with van der Waals surface area (Å²) in [6.07, 6.45) is 0.